The van der Waals surface area contributed by atoms with E-state index in [1.807, 2.05) is 36.4 Å². The Labute approximate surface area is 253 Å². The van der Waals surface area contributed by atoms with Crippen LogP contribution in [0.1, 0.15) is 24.3 Å². The van der Waals surface area contributed by atoms with Crippen LogP contribution in [-0.4, -0.2) is 10.5 Å². The van der Waals surface area contributed by atoms with Crippen molar-refractivity contribution in [2.45, 2.75) is 13.0 Å². The van der Waals surface area contributed by atoms with Crippen LogP contribution in [0.15, 0.2) is 110 Å². The van der Waals surface area contributed by atoms with Crippen molar-refractivity contribution < 1.29 is 9.21 Å². The van der Waals surface area contributed by atoms with E-state index in [1.165, 1.54) is 11.3 Å². The highest BCUT2D eigenvalue weighted by Crippen LogP contribution is 2.35. The number of aromatic nitrogens is 1. The third-order valence-corrected chi connectivity index (χ3v) is 8.65. The summed E-state index contributed by atoms with van der Waals surface area (Å²) in [4.78, 5) is 32.7. The van der Waals surface area contributed by atoms with Gasteiger partial charge in [-0.1, -0.05) is 82.5 Å². The van der Waals surface area contributed by atoms with E-state index >= 15 is 0 Å². The van der Waals surface area contributed by atoms with Crippen LogP contribution in [0, 0.1) is 0 Å². The Morgan fingerprint density at radius 2 is 1.73 bits per heavy atom. The van der Waals surface area contributed by atoms with Crippen LogP contribution in [0.3, 0.4) is 0 Å². The number of amides is 1. The summed E-state index contributed by atoms with van der Waals surface area (Å²) >= 11 is 19.9. The zero-order valence-electron chi connectivity index (χ0n) is 21.4. The Morgan fingerprint density at radius 3 is 2.49 bits per heavy atom. The topological polar surface area (TPSA) is 76.6 Å². The van der Waals surface area contributed by atoms with Gasteiger partial charge in [-0.25, -0.2) is 4.99 Å². The van der Waals surface area contributed by atoms with Gasteiger partial charge in [-0.2, -0.15) is 0 Å². The third-order valence-electron chi connectivity index (χ3n) is 6.60. The molecule has 204 valence electrons. The van der Waals surface area contributed by atoms with Crippen LogP contribution in [0.25, 0.3) is 17.4 Å². The van der Waals surface area contributed by atoms with Crippen molar-refractivity contribution in [2.24, 2.45) is 4.99 Å². The lowest BCUT2D eigenvalue weighted by Gasteiger charge is -2.25. The van der Waals surface area contributed by atoms with Gasteiger partial charge < -0.3 is 9.73 Å². The van der Waals surface area contributed by atoms with Crippen molar-refractivity contribution >= 4 is 63.8 Å². The molecule has 1 aliphatic heterocycles. The fourth-order valence-electron chi connectivity index (χ4n) is 4.69. The van der Waals surface area contributed by atoms with E-state index in [2.05, 4.69) is 10.3 Å². The number of rotatable bonds is 5. The summed E-state index contributed by atoms with van der Waals surface area (Å²) in [5, 5.41) is 4.29. The monoisotopic (exact) mass is 619 g/mol. The van der Waals surface area contributed by atoms with Gasteiger partial charge in [-0.15, -0.1) is 0 Å². The number of benzene rings is 3. The maximum Gasteiger partial charge on any atom is 0.271 e. The molecule has 1 unspecified atom stereocenters. The van der Waals surface area contributed by atoms with Crippen LogP contribution in [-0.2, 0) is 4.79 Å². The molecule has 3 aromatic carbocycles. The Morgan fingerprint density at radius 1 is 0.976 bits per heavy atom. The predicted octanol–water partition coefficient (Wildman–Crippen LogP) is 7.09. The number of para-hydroxylation sites is 1. The molecule has 1 aliphatic rings. The highest BCUT2D eigenvalue weighted by Gasteiger charge is 2.32. The molecule has 10 heteroatoms. The van der Waals surface area contributed by atoms with Gasteiger partial charge in [0, 0.05) is 22.3 Å². The number of anilines is 1. The lowest BCUT2D eigenvalue weighted by atomic mass is 9.95. The number of hydrogen-bond donors (Lipinski definition) is 1. The molecule has 0 aliphatic carbocycles. The van der Waals surface area contributed by atoms with Crippen LogP contribution in [0.5, 0.6) is 0 Å². The summed E-state index contributed by atoms with van der Waals surface area (Å²) < 4.78 is 7.96. The molecule has 6 rings (SSSR count). The molecule has 6 nitrogen and oxygen atoms in total. The van der Waals surface area contributed by atoms with Crippen molar-refractivity contribution in [1.82, 2.24) is 4.57 Å². The van der Waals surface area contributed by atoms with Gasteiger partial charge in [0.1, 0.15) is 11.5 Å². The van der Waals surface area contributed by atoms with E-state index in [0.717, 1.165) is 5.56 Å². The first-order valence-electron chi connectivity index (χ1n) is 12.5. The molecule has 5 aromatic rings. The Hall–Kier alpha value is -3.88. The SMILES string of the molecule is CC1=C(C(=O)Nc2ccccc2)C(c2ccc(Cl)cc2)n2c(s/c(=C\c3ccc(-c4cccc(Cl)c4Cl)o3)c2=O)=N1. The molecule has 0 bridgehead atoms. The fourth-order valence-corrected chi connectivity index (χ4v) is 6.24. The van der Waals surface area contributed by atoms with Crippen molar-refractivity contribution in [2.75, 3.05) is 5.32 Å². The van der Waals surface area contributed by atoms with Gasteiger partial charge in [-0.05, 0) is 61.0 Å². The van der Waals surface area contributed by atoms with E-state index in [4.69, 9.17) is 39.2 Å². The summed E-state index contributed by atoms with van der Waals surface area (Å²) in [7, 11) is 0. The van der Waals surface area contributed by atoms with E-state index in [1.54, 1.807) is 66.1 Å². The maximum atomic E-state index is 13.9. The Kier molecular flexibility index (Phi) is 7.45. The van der Waals surface area contributed by atoms with Crippen molar-refractivity contribution in [1.29, 1.82) is 0 Å². The highest BCUT2D eigenvalue weighted by atomic mass is 35.5. The predicted molar refractivity (Wildman–Crippen MR) is 164 cm³/mol. The average molecular weight is 621 g/mol. The summed E-state index contributed by atoms with van der Waals surface area (Å²) in [6, 6.07) is 24.3. The molecule has 1 amide bonds. The molecular formula is C31H20Cl3N3O3S. The molecule has 0 radical (unpaired) electrons. The first-order chi connectivity index (χ1) is 19.8. The lowest BCUT2D eigenvalue weighted by Crippen LogP contribution is -2.40. The van der Waals surface area contributed by atoms with E-state index in [-0.39, 0.29) is 11.5 Å². The molecule has 1 N–H and O–H groups in total. The second kappa shape index (κ2) is 11.2. The second-order valence-corrected chi connectivity index (χ2v) is 11.5. The number of thiazole rings is 1. The second-order valence-electron chi connectivity index (χ2n) is 9.26. The number of carbonyl (C=O) groups excluding carboxylic acids is 1. The van der Waals surface area contributed by atoms with Crippen LogP contribution < -0.4 is 20.2 Å². The minimum absolute atomic E-state index is 0.301. The fraction of sp³-hybridized carbons (Fsp3) is 0.0645. The molecular weight excluding hydrogens is 601 g/mol. The molecule has 2 aromatic heterocycles. The summed E-state index contributed by atoms with van der Waals surface area (Å²) in [6.07, 6.45) is 1.66. The van der Waals surface area contributed by atoms with Gasteiger partial charge in [0.25, 0.3) is 11.5 Å². The van der Waals surface area contributed by atoms with Crippen LogP contribution in [0.2, 0.25) is 15.1 Å². The standard InChI is InChI=1S/C31H20Cl3N3O3S/c1-17-26(29(38)36-20-6-3-2-4-7-20)28(18-10-12-19(32)13-11-18)37-30(39)25(41-31(37)35-17)16-21-14-15-24(40-21)22-8-5-9-23(33)27(22)34/h2-16,28H,1H3,(H,36,38)/b25-16-. The van der Waals surface area contributed by atoms with Gasteiger partial charge in [0.2, 0.25) is 0 Å². The number of fused-ring (bicyclic) bond motifs is 1. The third kappa shape index (κ3) is 5.29. The largest absolute Gasteiger partial charge is 0.457 e. The minimum Gasteiger partial charge on any atom is -0.457 e. The first kappa shape index (κ1) is 27.3. The maximum absolute atomic E-state index is 13.9. The molecule has 0 fully saturated rings. The van der Waals surface area contributed by atoms with Gasteiger partial charge >= 0.3 is 0 Å². The molecule has 0 saturated heterocycles. The van der Waals surface area contributed by atoms with E-state index in [0.29, 0.717) is 58.4 Å². The minimum atomic E-state index is -0.716. The van der Waals surface area contributed by atoms with Crippen molar-refractivity contribution in [3.05, 3.63) is 142 Å². The molecule has 1 atom stereocenters. The molecule has 41 heavy (non-hydrogen) atoms. The Balaban J connectivity index is 1.45. The normalized spacial score (nSPS) is 15.0. The summed E-state index contributed by atoms with van der Waals surface area (Å²) in [5.41, 5.74) is 2.59. The zero-order valence-corrected chi connectivity index (χ0v) is 24.5. The number of nitrogens with zero attached hydrogens (tertiary/aromatic N) is 2. The average Bonchev–Trinajstić information content (AvgIpc) is 3.54. The first-order valence-corrected chi connectivity index (χ1v) is 14.4. The van der Waals surface area contributed by atoms with Gasteiger partial charge in [0.05, 0.1) is 31.9 Å². The number of carbonyl (C=O) groups is 1. The lowest BCUT2D eigenvalue weighted by molar-refractivity contribution is -0.113. The number of hydrogen-bond acceptors (Lipinski definition) is 5. The van der Waals surface area contributed by atoms with Crippen molar-refractivity contribution in [3.63, 3.8) is 0 Å². The number of allylic oxidation sites excluding steroid dienone is 1. The van der Waals surface area contributed by atoms with E-state index in [9.17, 15) is 9.59 Å². The molecule has 0 saturated carbocycles. The molecule has 3 heterocycles. The number of nitrogens with one attached hydrogen (secondary N) is 1. The summed E-state index contributed by atoms with van der Waals surface area (Å²) in [5.74, 6) is 0.633. The van der Waals surface area contributed by atoms with Crippen LogP contribution in [0.4, 0.5) is 5.69 Å². The summed E-state index contributed by atoms with van der Waals surface area (Å²) in [6.45, 7) is 1.77. The number of halogens is 3. The van der Waals surface area contributed by atoms with Crippen LogP contribution >= 0.6 is 46.1 Å². The quantitative estimate of drug-likeness (QED) is 0.228. The zero-order chi connectivity index (χ0) is 28.7. The smallest absolute Gasteiger partial charge is 0.271 e. The van der Waals surface area contributed by atoms with Crippen molar-refractivity contribution in [3.8, 4) is 11.3 Å². The number of furan rings is 1. The van der Waals surface area contributed by atoms with Gasteiger partial charge in [-0.3, -0.25) is 14.2 Å². The highest BCUT2D eigenvalue weighted by molar-refractivity contribution is 7.07. The Bertz CT molecular complexity index is 2010. The van der Waals surface area contributed by atoms with Gasteiger partial charge in [0.15, 0.2) is 4.80 Å². The van der Waals surface area contributed by atoms with E-state index < -0.39 is 6.04 Å². The molecule has 0 spiro atoms.